The Hall–Kier alpha value is -2.62. The first-order chi connectivity index (χ1) is 13.3. The molecule has 0 aromatic heterocycles. The molecule has 0 radical (unpaired) electrons. The van der Waals surface area contributed by atoms with E-state index in [2.05, 4.69) is 73.8 Å². The van der Waals surface area contributed by atoms with E-state index in [9.17, 15) is 4.79 Å². The third kappa shape index (κ3) is 3.68. The third-order valence-corrected chi connectivity index (χ3v) is 6.27. The summed E-state index contributed by atoms with van der Waals surface area (Å²) in [5.41, 5.74) is 6.56. The molecule has 2 aromatic rings. The van der Waals surface area contributed by atoms with Gasteiger partial charge in [0, 0.05) is 49.7 Å². The lowest BCUT2D eigenvalue weighted by Crippen LogP contribution is -2.36. The van der Waals surface area contributed by atoms with Crippen LogP contribution in [0.15, 0.2) is 30.3 Å². The van der Waals surface area contributed by atoms with E-state index < -0.39 is 5.97 Å². The fraction of sp³-hybridized carbons (Fsp3) is 0.440. The maximum atomic E-state index is 10.9. The predicted octanol–water partition coefficient (Wildman–Crippen LogP) is 2.77. The van der Waals surface area contributed by atoms with Crippen LogP contribution in [0.5, 0.6) is 0 Å². The Balaban J connectivity index is 0.00000240. The molecule has 0 atom stereocenters. The van der Waals surface area contributed by atoms with Gasteiger partial charge in [-0.3, -0.25) is 4.79 Å². The van der Waals surface area contributed by atoms with Gasteiger partial charge in [-0.25, -0.2) is 4.58 Å². The average Bonchev–Trinajstić information content (AvgIpc) is 3.02. The SMILES string of the molecule is C.CN(C)c1ccc2c(c1)C(C)(C)c1cc3c(cc1=C2)CC[N+]=3CCCC(=O)O. The maximum absolute atomic E-state index is 10.9. The van der Waals surface area contributed by atoms with Gasteiger partial charge in [0.1, 0.15) is 13.1 Å². The second-order valence-electron chi connectivity index (χ2n) is 8.74. The minimum absolute atomic E-state index is 0. The van der Waals surface area contributed by atoms with Crippen LogP contribution >= 0.6 is 0 Å². The number of carboxylic acid groups (broad SMARTS) is 1. The van der Waals surface area contributed by atoms with E-state index in [1.165, 1.54) is 38.5 Å². The highest BCUT2D eigenvalue weighted by molar-refractivity contribution is 5.68. The molecule has 2 aromatic carbocycles. The second-order valence-corrected chi connectivity index (χ2v) is 8.74. The van der Waals surface area contributed by atoms with Gasteiger partial charge in [0.15, 0.2) is 0 Å². The van der Waals surface area contributed by atoms with E-state index in [4.69, 9.17) is 5.11 Å². The normalized spacial score (nSPS) is 15.5. The third-order valence-electron chi connectivity index (χ3n) is 6.27. The first-order valence-corrected chi connectivity index (χ1v) is 10.1. The molecule has 0 amide bonds. The quantitative estimate of drug-likeness (QED) is 0.795. The Bertz CT molecular complexity index is 1080. The van der Waals surface area contributed by atoms with Gasteiger partial charge in [0.05, 0.1) is 6.42 Å². The van der Waals surface area contributed by atoms with Crippen LogP contribution in [0.2, 0.25) is 0 Å². The van der Waals surface area contributed by atoms with Gasteiger partial charge < -0.3 is 10.0 Å². The molecule has 29 heavy (non-hydrogen) atoms. The Labute approximate surface area is 173 Å². The summed E-state index contributed by atoms with van der Waals surface area (Å²) >= 11 is 0. The lowest BCUT2D eigenvalue weighted by Gasteiger charge is -2.32. The molecule has 0 bridgehead atoms. The van der Waals surface area contributed by atoms with Crippen molar-refractivity contribution in [2.75, 3.05) is 32.1 Å². The van der Waals surface area contributed by atoms with E-state index in [0.717, 1.165) is 19.5 Å². The molecule has 1 heterocycles. The molecule has 2 aliphatic rings. The predicted molar refractivity (Wildman–Crippen MR) is 120 cm³/mol. The van der Waals surface area contributed by atoms with E-state index in [1.54, 1.807) is 0 Å². The summed E-state index contributed by atoms with van der Waals surface area (Å²) in [5, 5.41) is 11.5. The van der Waals surface area contributed by atoms with Crippen LogP contribution in [0.25, 0.3) is 6.08 Å². The number of aliphatic carboxylic acids is 1. The van der Waals surface area contributed by atoms with Crippen molar-refractivity contribution in [3.8, 4) is 0 Å². The summed E-state index contributed by atoms with van der Waals surface area (Å²) in [6, 6.07) is 11.5. The van der Waals surface area contributed by atoms with Gasteiger partial charge >= 0.3 is 5.97 Å². The van der Waals surface area contributed by atoms with Crippen molar-refractivity contribution in [2.45, 2.75) is 46.0 Å². The minimum Gasteiger partial charge on any atom is -0.481 e. The van der Waals surface area contributed by atoms with E-state index in [1.807, 2.05) is 0 Å². The number of carbonyl (C=O) groups is 1. The van der Waals surface area contributed by atoms with Gasteiger partial charge in [-0.1, -0.05) is 27.3 Å². The summed E-state index contributed by atoms with van der Waals surface area (Å²) < 4.78 is 2.36. The van der Waals surface area contributed by atoms with E-state index in [-0.39, 0.29) is 19.3 Å². The second kappa shape index (κ2) is 7.66. The van der Waals surface area contributed by atoms with Crippen LogP contribution in [-0.2, 0) is 16.6 Å². The molecule has 4 heteroatoms. The molecule has 154 valence electrons. The number of fused-ring (bicyclic) bond motifs is 3. The molecule has 0 unspecified atom stereocenters. The van der Waals surface area contributed by atoms with Crippen LogP contribution in [0.3, 0.4) is 0 Å². The summed E-state index contributed by atoms with van der Waals surface area (Å²) in [4.78, 5) is 13.0. The smallest absolute Gasteiger partial charge is 0.303 e. The minimum atomic E-state index is -0.714. The van der Waals surface area contributed by atoms with Crippen LogP contribution < -0.4 is 20.1 Å². The summed E-state index contributed by atoms with van der Waals surface area (Å²) in [6.45, 7) is 6.42. The zero-order valence-corrected chi connectivity index (χ0v) is 17.2. The van der Waals surface area contributed by atoms with Gasteiger partial charge in [0.25, 0.3) is 0 Å². The van der Waals surface area contributed by atoms with Crippen molar-refractivity contribution in [2.24, 2.45) is 0 Å². The van der Waals surface area contributed by atoms with Crippen molar-refractivity contribution in [1.82, 2.24) is 4.58 Å². The number of carboxylic acids is 1. The molecular weight excluding hydrogens is 360 g/mol. The molecule has 0 saturated carbocycles. The fourth-order valence-corrected chi connectivity index (χ4v) is 4.64. The zero-order chi connectivity index (χ0) is 20.1. The molecule has 0 saturated heterocycles. The molecular formula is C25H33N2O2+. The van der Waals surface area contributed by atoms with Crippen LogP contribution in [0.4, 0.5) is 5.69 Å². The number of nitrogens with zero attached hydrogens (tertiary/aromatic N) is 2. The van der Waals surface area contributed by atoms with Gasteiger partial charge in [-0.15, -0.1) is 0 Å². The molecule has 0 fully saturated rings. The van der Waals surface area contributed by atoms with Crippen molar-refractivity contribution in [1.29, 1.82) is 0 Å². The fourth-order valence-electron chi connectivity index (χ4n) is 4.64. The molecule has 4 rings (SSSR count). The number of hydrogen-bond acceptors (Lipinski definition) is 2. The largest absolute Gasteiger partial charge is 0.481 e. The summed E-state index contributed by atoms with van der Waals surface area (Å²) in [5.74, 6) is -0.714. The molecule has 1 N–H and O–H groups in total. The lowest BCUT2D eigenvalue weighted by atomic mass is 9.72. The van der Waals surface area contributed by atoms with Crippen LogP contribution in [0.1, 0.15) is 56.4 Å². The Kier molecular flexibility index (Phi) is 5.57. The number of anilines is 1. The van der Waals surface area contributed by atoms with E-state index in [0.29, 0.717) is 6.42 Å². The molecule has 1 aliphatic carbocycles. The first-order valence-electron chi connectivity index (χ1n) is 10.1. The van der Waals surface area contributed by atoms with Gasteiger partial charge in [-0.05, 0) is 46.2 Å². The number of benzene rings is 2. The molecule has 4 nitrogen and oxygen atoms in total. The Morgan fingerprint density at radius 3 is 2.62 bits per heavy atom. The highest BCUT2D eigenvalue weighted by atomic mass is 16.4. The molecule has 1 aliphatic heterocycles. The Morgan fingerprint density at radius 1 is 1.17 bits per heavy atom. The van der Waals surface area contributed by atoms with E-state index >= 15 is 0 Å². The van der Waals surface area contributed by atoms with Gasteiger partial charge in [-0.2, -0.15) is 0 Å². The standard InChI is InChI=1S/C24H28N2O2.CH4/c1-24(2)20-14-19(25(3)4)8-7-16(20)12-18-13-17-9-11-26(10-5-6-23(27)28)22(17)15-21(18)24;/h7-8,12-15H,5-6,9-11H2,1-4H3;1H4/p+1. The first kappa shape index (κ1) is 21.1. The number of hydrogen-bond donors (Lipinski definition) is 1. The lowest BCUT2D eigenvalue weighted by molar-refractivity contribution is -0.137. The molecule has 0 spiro atoms. The Morgan fingerprint density at radius 2 is 1.93 bits per heavy atom. The van der Waals surface area contributed by atoms with Gasteiger partial charge in [0.2, 0.25) is 5.36 Å². The maximum Gasteiger partial charge on any atom is 0.303 e. The topological polar surface area (TPSA) is 43.5 Å². The van der Waals surface area contributed by atoms with Crippen molar-refractivity contribution < 1.29 is 9.90 Å². The zero-order valence-electron chi connectivity index (χ0n) is 17.2. The highest BCUT2D eigenvalue weighted by Gasteiger charge is 2.32. The monoisotopic (exact) mass is 393 g/mol. The van der Waals surface area contributed by atoms with Crippen molar-refractivity contribution in [3.05, 3.63) is 63.2 Å². The van der Waals surface area contributed by atoms with Crippen molar-refractivity contribution >= 4 is 17.7 Å². The van der Waals surface area contributed by atoms with Crippen molar-refractivity contribution in [3.63, 3.8) is 0 Å². The summed E-state index contributed by atoms with van der Waals surface area (Å²) in [7, 11) is 4.16. The highest BCUT2D eigenvalue weighted by Crippen LogP contribution is 2.36. The van der Waals surface area contributed by atoms with Crippen LogP contribution in [-0.4, -0.2) is 38.3 Å². The average molecular weight is 394 g/mol. The van der Waals surface area contributed by atoms with Crippen LogP contribution in [0, 0.1) is 0 Å². The summed E-state index contributed by atoms with van der Waals surface area (Å²) in [6.07, 6.45) is 4.28. The number of rotatable bonds is 5.